The second kappa shape index (κ2) is 5.27. The van der Waals surface area contributed by atoms with Crippen molar-refractivity contribution in [2.75, 3.05) is 11.9 Å². The van der Waals surface area contributed by atoms with Crippen molar-refractivity contribution < 1.29 is 0 Å². The fraction of sp³-hybridized carbons (Fsp3) is 0.231. The van der Waals surface area contributed by atoms with Crippen LogP contribution in [0.25, 0.3) is 11.4 Å². The number of rotatable bonds is 3. The number of halogens is 1. The number of nitrogens with zero attached hydrogens (tertiary/aromatic N) is 2. The highest BCUT2D eigenvalue weighted by molar-refractivity contribution is 9.10. The largest absolute Gasteiger partial charge is 0.370 e. The van der Waals surface area contributed by atoms with E-state index in [0.717, 1.165) is 28.2 Å². The molecule has 0 radical (unpaired) electrons. The third kappa shape index (κ3) is 2.82. The Morgan fingerprint density at radius 3 is 2.88 bits per heavy atom. The van der Waals surface area contributed by atoms with E-state index in [-0.39, 0.29) is 0 Å². The molecule has 4 heteroatoms. The van der Waals surface area contributed by atoms with Crippen LogP contribution in [0.5, 0.6) is 0 Å². The average molecular weight is 292 g/mol. The van der Waals surface area contributed by atoms with Crippen LogP contribution in [-0.2, 0) is 0 Å². The molecule has 0 atom stereocenters. The number of benzene rings is 1. The fourth-order valence-corrected chi connectivity index (χ4v) is 1.96. The number of anilines is 1. The topological polar surface area (TPSA) is 37.8 Å². The predicted molar refractivity (Wildman–Crippen MR) is 74.1 cm³/mol. The molecule has 1 N–H and O–H groups in total. The molecule has 2 aromatic rings. The molecule has 0 spiro atoms. The van der Waals surface area contributed by atoms with Crippen LogP contribution in [0.15, 0.2) is 34.9 Å². The van der Waals surface area contributed by atoms with Crippen molar-refractivity contribution >= 4 is 21.7 Å². The first-order valence-corrected chi connectivity index (χ1v) is 6.33. The third-order valence-electron chi connectivity index (χ3n) is 2.45. The first kappa shape index (κ1) is 12.0. The van der Waals surface area contributed by atoms with Gasteiger partial charge in [-0.15, -0.1) is 0 Å². The van der Waals surface area contributed by atoms with Gasteiger partial charge in [-0.05, 0) is 37.6 Å². The van der Waals surface area contributed by atoms with E-state index in [1.54, 1.807) is 6.20 Å². The maximum Gasteiger partial charge on any atom is 0.161 e. The zero-order chi connectivity index (χ0) is 12.3. The van der Waals surface area contributed by atoms with Gasteiger partial charge < -0.3 is 5.32 Å². The SMILES string of the molecule is CCNc1ccnc(-c2cc(Br)ccc2C)n1. The van der Waals surface area contributed by atoms with Crippen molar-refractivity contribution in [3.05, 3.63) is 40.5 Å². The monoisotopic (exact) mass is 291 g/mol. The van der Waals surface area contributed by atoms with Gasteiger partial charge in [-0.25, -0.2) is 9.97 Å². The zero-order valence-corrected chi connectivity index (χ0v) is 11.5. The molecule has 17 heavy (non-hydrogen) atoms. The van der Waals surface area contributed by atoms with E-state index >= 15 is 0 Å². The molecule has 88 valence electrons. The highest BCUT2D eigenvalue weighted by Crippen LogP contribution is 2.24. The van der Waals surface area contributed by atoms with Gasteiger partial charge in [0.1, 0.15) is 5.82 Å². The Labute approximate surface area is 109 Å². The maximum absolute atomic E-state index is 4.49. The van der Waals surface area contributed by atoms with Gasteiger partial charge in [-0.1, -0.05) is 22.0 Å². The normalized spacial score (nSPS) is 10.3. The van der Waals surface area contributed by atoms with Crippen LogP contribution in [-0.4, -0.2) is 16.5 Å². The van der Waals surface area contributed by atoms with Crippen LogP contribution in [0.1, 0.15) is 12.5 Å². The Bertz CT molecular complexity index is 526. The zero-order valence-electron chi connectivity index (χ0n) is 9.87. The van der Waals surface area contributed by atoms with Crippen LogP contribution < -0.4 is 5.32 Å². The summed E-state index contributed by atoms with van der Waals surface area (Å²) in [5.74, 6) is 1.61. The fourth-order valence-electron chi connectivity index (χ4n) is 1.60. The number of hydrogen-bond donors (Lipinski definition) is 1. The first-order chi connectivity index (χ1) is 8.20. The summed E-state index contributed by atoms with van der Waals surface area (Å²) in [6.45, 7) is 4.96. The summed E-state index contributed by atoms with van der Waals surface area (Å²) in [5.41, 5.74) is 2.22. The molecule has 1 aromatic carbocycles. The van der Waals surface area contributed by atoms with Gasteiger partial charge in [0.15, 0.2) is 5.82 Å². The van der Waals surface area contributed by atoms with Gasteiger partial charge in [-0.2, -0.15) is 0 Å². The number of nitrogens with one attached hydrogen (secondary N) is 1. The van der Waals surface area contributed by atoms with E-state index in [1.807, 2.05) is 25.1 Å². The Morgan fingerprint density at radius 2 is 2.12 bits per heavy atom. The van der Waals surface area contributed by atoms with Gasteiger partial charge in [0.25, 0.3) is 0 Å². The first-order valence-electron chi connectivity index (χ1n) is 5.54. The van der Waals surface area contributed by atoms with Crippen LogP contribution in [0.2, 0.25) is 0 Å². The molecule has 0 saturated heterocycles. The standard InChI is InChI=1S/C13H14BrN3/c1-3-15-12-6-7-16-13(17-12)11-8-10(14)5-4-9(11)2/h4-8H,3H2,1-2H3,(H,15,16,17). The van der Waals surface area contributed by atoms with Crippen LogP contribution in [0.3, 0.4) is 0 Å². The lowest BCUT2D eigenvalue weighted by Crippen LogP contribution is -2.01. The molecule has 0 unspecified atom stereocenters. The molecule has 0 aliphatic heterocycles. The smallest absolute Gasteiger partial charge is 0.161 e. The Hall–Kier alpha value is -1.42. The quantitative estimate of drug-likeness (QED) is 0.938. The van der Waals surface area contributed by atoms with Crippen molar-refractivity contribution in [2.24, 2.45) is 0 Å². The Kier molecular flexibility index (Phi) is 3.74. The van der Waals surface area contributed by atoms with Crippen molar-refractivity contribution in [2.45, 2.75) is 13.8 Å². The highest BCUT2D eigenvalue weighted by Gasteiger charge is 2.06. The van der Waals surface area contributed by atoms with Crippen molar-refractivity contribution in [1.29, 1.82) is 0 Å². The van der Waals surface area contributed by atoms with Gasteiger partial charge >= 0.3 is 0 Å². The maximum atomic E-state index is 4.49. The highest BCUT2D eigenvalue weighted by atomic mass is 79.9. The van der Waals surface area contributed by atoms with E-state index in [1.165, 1.54) is 5.56 Å². The summed E-state index contributed by atoms with van der Waals surface area (Å²) in [6, 6.07) is 8.00. The summed E-state index contributed by atoms with van der Waals surface area (Å²) in [7, 11) is 0. The number of hydrogen-bond acceptors (Lipinski definition) is 3. The van der Waals surface area contributed by atoms with Crippen molar-refractivity contribution in [3.8, 4) is 11.4 Å². The minimum absolute atomic E-state index is 0.752. The van der Waals surface area contributed by atoms with E-state index < -0.39 is 0 Å². The van der Waals surface area contributed by atoms with Gasteiger partial charge in [-0.3, -0.25) is 0 Å². The summed E-state index contributed by atoms with van der Waals surface area (Å²) < 4.78 is 1.04. The predicted octanol–water partition coefficient (Wildman–Crippen LogP) is 3.65. The molecule has 0 amide bonds. The Balaban J connectivity index is 2.45. The molecule has 1 aromatic heterocycles. The lowest BCUT2D eigenvalue weighted by atomic mass is 10.1. The Morgan fingerprint density at radius 1 is 1.29 bits per heavy atom. The van der Waals surface area contributed by atoms with Gasteiger partial charge in [0.05, 0.1) is 0 Å². The number of aromatic nitrogens is 2. The average Bonchev–Trinajstić information content (AvgIpc) is 2.33. The molecule has 2 rings (SSSR count). The van der Waals surface area contributed by atoms with E-state index in [4.69, 9.17) is 0 Å². The molecular weight excluding hydrogens is 278 g/mol. The third-order valence-corrected chi connectivity index (χ3v) is 2.95. The van der Waals surface area contributed by atoms with E-state index in [9.17, 15) is 0 Å². The summed E-state index contributed by atoms with van der Waals surface area (Å²) in [4.78, 5) is 8.81. The van der Waals surface area contributed by atoms with E-state index in [2.05, 4.69) is 44.2 Å². The molecule has 3 nitrogen and oxygen atoms in total. The molecule has 0 fully saturated rings. The lowest BCUT2D eigenvalue weighted by molar-refractivity contribution is 1.11. The number of aryl methyl sites for hydroxylation is 1. The molecule has 0 aliphatic carbocycles. The van der Waals surface area contributed by atoms with Crippen LogP contribution >= 0.6 is 15.9 Å². The van der Waals surface area contributed by atoms with E-state index in [0.29, 0.717) is 0 Å². The molecule has 0 aliphatic rings. The minimum Gasteiger partial charge on any atom is -0.370 e. The second-order valence-corrected chi connectivity index (χ2v) is 4.67. The molecule has 0 bridgehead atoms. The van der Waals surface area contributed by atoms with Crippen molar-refractivity contribution in [1.82, 2.24) is 9.97 Å². The molecule has 0 saturated carbocycles. The summed E-state index contributed by atoms with van der Waals surface area (Å²) in [6.07, 6.45) is 1.78. The lowest BCUT2D eigenvalue weighted by Gasteiger charge is -2.07. The van der Waals surface area contributed by atoms with Crippen LogP contribution in [0, 0.1) is 6.92 Å². The molecule has 1 heterocycles. The van der Waals surface area contributed by atoms with Gasteiger partial charge in [0.2, 0.25) is 0 Å². The minimum atomic E-state index is 0.752. The van der Waals surface area contributed by atoms with Gasteiger partial charge in [0, 0.05) is 22.8 Å². The second-order valence-electron chi connectivity index (χ2n) is 3.76. The van der Waals surface area contributed by atoms with Crippen molar-refractivity contribution in [3.63, 3.8) is 0 Å². The van der Waals surface area contributed by atoms with Crippen LogP contribution in [0.4, 0.5) is 5.82 Å². The summed E-state index contributed by atoms with van der Waals surface area (Å²) >= 11 is 3.47. The molecular formula is C13H14BrN3. The summed E-state index contributed by atoms with van der Waals surface area (Å²) in [5, 5.41) is 3.19.